The monoisotopic (exact) mass is 393 g/mol. The van der Waals surface area contributed by atoms with E-state index in [1.807, 2.05) is 0 Å². The van der Waals surface area contributed by atoms with Crippen LogP contribution in [0.25, 0.3) is 0 Å². The quantitative estimate of drug-likeness (QED) is 0.764. The molecule has 7 heteroatoms. The molecule has 0 saturated carbocycles. The van der Waals surface area contributed by atoms with Gasteiger partial charge in [0.25, 0.3) is 17.7 Å². The highest BCUT2D eigenvalue weighted by Gasteiger charge is 2.43. The number of benzene rings is 2. The summed E-state index contributed by atoms with van der Waals surface area (Å²) < 4.78 is 0. The van der Waals surface area contributed by atoms with E-state index in [1.54, 1.807) is 70.3 Å². The third-order valence-corrected chi connectivity index (χ3v) is 4.98. The Balaban J connectivity index is 1.88. The van der Waals surface area contributed by atoms with Crippen LogP contribution in [0.2, 0.25) is 0 Å². The van der Waals surface area contributed by atoms with Crippen LogP contribution in [0.3, 0.4) is 0 Å². The largest absolute Gasteiger partial charge is 0.355 e. The van der Waals surface area contributed by atoms with Crippen LogP contribution in [0.4, 0.5) is 5.69 Å². The third-order valence-electron chi connectivity index (χ3n) is 4.98. The van der Waals surface area contributed by atoms with Crippen molar-refractivity contribution in [1.29, 1.82) is 0 Å². The zero-order valence-electron chi connectivity index (χ0n) is 16.8. The van der Waals surface area contributed by atoms with Gasteiger partial charge in [0.2, 0.25) is 5.91 Å². The molecular weight excluding hydrogens is 370 g/mol. The Morgan fingerprint density at radius 1 is 0.966 bits per heavy atom. The summed E-state index contributed by atoms with van der Waals surface area (Å²) in [4.78, 5) is 51.5. The van der Waals surface area contributed by atoms with Gasteiger partial charge in [-0.3, -0.25) is 24.1 Å². The maximum absolute atomic E-state index is 13.1. The van der Waals surface area contributed by atoms with Gasteiger partial charge in [0.1, 0.15) is 6.04 Å². The van der Waals surface area contributed by atoms with Crippen LogP contribution in [0, 0.1) is 12.8 Å². The second-order valence-corrected chi connectivity index (χ2v) is 7.31. The highest BCUT2D eigenvalue weighted by molar-refractivity contribution is 6.23. The van der Waals surface area contributed by atoms with Gasteiger partial charge in [-0.1, -0.05) is 26.0 Å². The van der Waals surface area contributed by atoms with Crippen LogP contribution in [0.5, 0.6) is 0 Å². The molecule has 1 heterocycles. The molecule has 0 fully saturated rings. The molecule has 2 aromatic carbocycles. The highest BCUT2D eigenvalue weighted by Crippen LogP contribution is 2.28. The zero-order valence-corrected chi connectivity index (χ0v) is 16.8. The number of aryl methyl sites for hydroxylation is 1. The first-order valence-corrected chi connectivity index (χ1v) is 9.36. The predicted molar refractivity (Wildman–Crippen MR) is 109 cm³/mol. The van der Waals surface area contributed by atoms with Crippen LogP contribution >= 0.6 is 0 Å². The van der Waals surface area contributed by atoms with Crippen molar-refractivity contribution in [2.75, 3.05) is 12.4 Å². The van der Waals surface area contributed by atoms with Gasteiger partial charge < -0.3 is 10.6 Å². The SMILES string of the molecule is CNC(=O)c1ccc(NC(=O)C(C(C)C)N2C(=O)c3ccccc3C2=O)c(C)c1. The van der Waals surface area contributed by atoms with Crippen molar-refractivity contribution in [3.63, 3.8) is 0 Å². The van der Waals surface area contributed by atoms with E-state index >= 15 is 0 Å². The van der Waals surface area contributed by atoms with E-state index in [0.717, 1.165) is 4.90 Å². The fourth-order valence-electron chi connectivity index (χ4n) is 3.47. The molecule has 7 nitrogen and oxygen atoms in total. The average molecular weight is 393 g/mol. The molecule has 3 rings (SSSR count). The number of hydrogen-bond acceptors (Lipinski definition) is 4. The molecule has 2 aromatic rings. The number of carbonyl (C=O) groups is 4. The van der Waals surface area contributed by atoms with E-state index < -0.39 is 23.8 Å². The minimum Gasteiger partial charge on any atom is -0.355 e. The molecule has 0 saturated heterocycles. The Hall–Kier alpha value is -3.48. The topological polar surface area (TPSA) is 95.6 Å². The Bertz CT molecular complexity index is 978. The Morgan fingerprint density at radius 2 is 1.55 bits per heavy atom. The number of amides is 4. The van der Waals surface area contributed by atoms with Gasteiger partial charge in [-0.05, 0) is 48.7 Å². The number of fused-ring (bicyclic) bond motifs is 1. The summed E-state index contributed by atoms with van der Waals surface area (Å²) in [6.07, 6.45) is 0. The number of carbonyl (C=O) groups excluding carboxylic acids is 4. The van der Waals surface area contributed by atoms with Crippen molar-refractivity contribution in [1.82, 2.24) is 10.2 Å². The zero-order chi connectivity index (χ0) is 21.3. The van der Waals surface area contributed by atoms with Gasteiger partial charge in [0.05, 0.1) is 11.1 Å². The molecule has 29 heavy (non-hydrogen) atoms. The van der Waals surface area contributed by atoms with Gasteiger partial charge in [-0.15, -0.1) is 0 Å². The Kier molecular flexibility index (Phi) is 5.50. The lowest BCUT2D eigenvalue weighted by Gasteiger charge is -2.28. The molecule has 1 aliphatic heterocycles. The maximum atomic E-state index is 13.1. The standard InChI is InChI=1S/C22H23N3O4/c1-12(2)18(25-21(28)15-7-5-6-8-16(15)22(25)29)20(27)24-17-10-9-14(11-13(17)3)19(26)23-4/h5-12,18H,1-4H3,(H,23,26)(H,24,27). The molecule has 0 spiro atoms. The van der Waals surface area contributed by atoms with Crippen LogP contribution in [0.1, 0.15) is 50.5 Å². The van der Waals surface area contributed by atoms with Gasteiger partial charge in [0.15, 0.2) is 0 Å². The molecule has 0 radical (unpaired) electrons. The van der Waals surface area contributed by atoms with Crippen LogP contribution in [-0.4, -0.2) is 41.6 Å². The predicted octanol–water partition coefficient (Wildman–Crippen LogP) is 2.61. The number of imide groups is 1. The summed E-state index contributed by atoms with van der Waals surface area (Å²) in [6, 6.07) is 10.5. The van der Waals surface area contributed by atoms with Crippen molar-refractivity contribution < 1.29 is 19.2 Å². The van der Waals surface area contributed by atoms with Crippen molar-refractivity contribution in [3.8, 4) is 0 Å². The lowest BCUT2D eigenvalue weighted by atomic mass is 10.0. The maximum Gasteiger partial charge on any atom is 0.262 e. The van der Waals surface area contributed by atoms with Gasteiger partial charge in [-0.25, -0.2) is 0 Å². The lowest BCUT2D eigenvalue weighted by molar-refractivity contribution is -0.121. The first-order chi connectivity index (χ1) is 13.8. The number of anilines is 1. The van der Waals surface area contributed by atoms with Crippen molar-refractivity contribution in [2.24, 2.45) is 5.92 Å². The minimum atomic E-state index is -0.958. The molecule has 1 aliphatic rings. The van der Waals surface area contributed by atoms with Gasteiger partial charge in [-0.2, -0.15) is 0 Å². The molecule has 0 bridgehead atoms. The highest BCUT2D eigenvalue weighted by atomic mass is 16.2. The van der Waals surface area contributed by atoms with Crippen LogP contribution in [-0.2, 0) is 4.79 Å². The average Bonchev–Trinajstić information content (AvgIpc) is 2.94. The van der Waals surface area contributed by atoms with E-state index in [0.29, 0.717) is 27.9 Å². The first-order valence-electron chi connectivity index (χ1n) is 9.36. The van der Waals surface area contributed by atoms with E-state index in [4.69, 9.17) is 0 Å². The van der Waals surface area contributed by atoms with Gasteiger partial charge >= 0.3 is 0 Å². The number of hydrogen-bond donors (Lipinski definition) is 2. The number of nitrogens with zero attached hydrogens (tertiary/aromatic N) is 1. The normalized spacial score (nSPS) is 14.0. The second-order valence-electron chi connectivity index (χ2n) is 7.31. The second kappa shape index (κ2) is 7.87. The minimum absolute atomic E-state index is 0.225. The summed E-state index contributed by atoms with van der Waals surface area (Å²) >= 11 is 0. The van der Waals surface area contributed by atoms with Crippen molar-refractivity contribution in [3.05, 3.63) is 64.7 Å². The summed E-state index contributed by atoms with van der Waals surface area (Å²) in [6.45, 7) is 5.35. The Labute approximate surface area is 169 Å². The van der Waals surface area contributed by atoms with Crippen molar-refractivity contribution in [2.45, 2.75) is 26.8 Å². The molecule has 0 aromatic heterocycles. The molecule has 2 N–H and O–H groups in total. The molecule has 0 aliphatic carbocycles. The summed E-state index contributed by atoms with van der Waals surface area (Å²) in [5.41, 5.74) is 2.31. The van der Waals surface area contributed by atoms with Crippen LogP contribution < -0.4 is 10.6 Å². The molecule has 4 amide bonds. The molecule has 1 atom stereocenters. The van der Waals surface area contributed by atoms with Crippen molar-refractivity contribution >= 4 is 29.3 Å². The first kappa shape index (κ1) is 20.3. The van der Waals surface area contributed by atoms with Gasteiger partial charge in [0, 0.05) is 18.3 Å². The fraction of sp³-hybridized carbons (Fsp3) is 0.273. The number of nitrogens with one attached hydrogen (secondary N) is 2. The van der Waals surface area contributed by atoms with Crippen LogP contribution in [0.15, 0.2) is 42.5 Å². The lowest BCUT2D eigenvalue weighted by Crippen LogP contribution is -2.50. The molecular formula is C22H23N3O4. The summed E-state index contributed by atoms with van der Waals surface area (Å²) in [7, 11) is 1.54. The third kappa shape index (κ3) is 3.63. The number of rotatable bonds is 5. The smallest absolute Gasteiger partial charge is 0.262 e. The van der Waals surface area contributed by atoms with E-state index in [1.165, 1.54) is 0 Å². The summed E-state index contributed by atoms with van der Waals surface area (Å²) in [5, 5.41) is 5.35. The molecule has 1 unspecified atom stereocenters. The fourth-order valence-corrected chi connectivity index (χ4v) is 3.47. The Morgan fingerprint density at radius 3 is 2.03 bits per heavy atom. The molecule has 150 valence electrons. The summed E-state index contributed by atoms with van der Waals surface area (Å²) in [5.74, 6) is -1.90. The van der Waals surface area contributed by atoms with E-state index in [2.05, 4.69) is 10.6 Å². The van der Waals surface area contributed by atoms with E-state index in [9.17, 15) is 19.2 Å². The van der Waals surface area contributed by atoms with E-state index in [-0.39, 0.29) is 11.8 Å².